The summed E-state index contributed by atoms with van der Waals surface area (Å²) in [6.45, 7) is 2.22. The summed E-state index contributed by atoms with van der Waals surface area (Å²) in [6, 6.07) is 23.8. The predicted molar refractivity (Wildman–Crippen MR) is 124 cm³/mol. The molecule has 0 radical (unpaired) electrons. The molecular formula is C25H20Cl2N2O2. The van der Waals surface area contributed by atoms with Crippen molar-refractivity contribution >= 4 is 35.2 Å². The molecule has 156 valence electrons. The van der Waals surface area contributed by atoms with E-state index in [0.717, 1.165) is 16.7 Å². The summed E-state index contributed by atoms with van der Waals surface area (Å²) in [5.41, 5.74) is 2.62. The third-order valence-corrected chi connectivity index (χ3v) is 5.33. The highest BCUT2D eigenvalue weighted by molar-refractivity contribution is 6.42. The first-order valence-corrected chi connectivity index (χ1v) is 10.4. The number of amides is 1. The SMILES string of the molecule is C[C@H](NC(=O)/C(C#N)=C\c1ccc(OCc2ccc(Cl)c(Cl)c2)cc1)c1ccccc1. The third-order valence-electron chi connectivity index (χ3n) is 4.59. The topological polar surface area (TPSA) is 62.1 Å². The lowest BCUT2D eigenvalue weighted by atomic mass is 10.1. The quantitative estimate of drug-likeness (QED) is 0.336. The second-order valence-corrected chi connectivity index (χ2v) is 7.70. The molecule has 0 unspecified atom stereocenters. The summed E-state index contributed by atoms with van der Waals surface area (Å²) in [6.07, 6.45) is 1.55. The number of hydrogen-bond acceptors (Lipinski definition) is 3. The monoisotopic (exact) mass is 450 g/mol. The van der Waals surface area contributed by atoms with Crippen LogP contribution in [-0.4, -0.2) is 5.91 Å². The number of nitrogens with zero attached hydrogens (tertiary/aromatic N) is 1. The Labute approximate surface area is 191 Å². The molecule has 31 heavy (non-hydrogen) atoms. The molecule has 3 aromatic carbocycles. The average Bonchev–Trinajstić information content (AvgIpc) is 2.79. The maximum atomic E-state index is 12.5. The lowest BCUT2D eigenvalue weighted by Gasteiger charge is -2.13. The van der Waals surface area contributed by atoms with Crippen molar-refractivity contribution in [3.63, 3.8) is 0 Å². The van der Waals surface area contributed by atoms with Crippen molar-refractivity contribution in [2.75, 3.05) is 0 Å². The minimum atomic E-state index is -0.418. The van der Waals surface area contributed by atoms with Crippen molar-refractivity contribution in [2.45, 2.75) is 19.6 Å². The predicted octanol–water partition coefficient (Wildman–Crippen LogP) is 6.36. The summed E-state index contributed by atoms with van der Waals surface area (Å²) < 4.78 is 5.76. The van der Waals surface area contributed by atoms with Crippen LogP contribution in [0.3, 0.4) is 0 Å². The Balaban J connectivity index is 1.62. The van der Waals surface area contributed by atoms with Crippen LogP contribution in [0.5, 0.6) is 5.75 Å². The van der Waals surface area contributed by atoms with Gasteiger partial charge in [0, 0.05) is 0 Å². The number of carbonyl (C=O) groups excluding carboxylic acids is 1. The van der Waals surface area contributed by atoms with Crippen LogP contribution >= 0.6 is 23.2 Å². The molecule has 0 spiro atoms. The number of ether oxygens (including phenoxy) is 1. The number of nitriles is 1. The second kappa shape index (κ2) is 10.7. The van der Waals surface area contributed by atoms with Crippen LogP contribution in [0.15, 0.2) is 78.4 Å². The number of benzene rings is 3. The molecule has 3 aromatic rings. The van der Waals surface area contributed by atoms with Crippen LogP contribution in [0.25, 0.3) is 6.08 Å². The van der Waals surface area contributed by atoms with Gasteiger partial charge in [0.15, 0.2) is 0 Å². The van der Waals surface area contributed by atoms with Crippen LogP contribution in [0.4, 0.5) is 0 Å². The fourth-order valence-corrected chi connectivity index (χ4v) is 3.19. The fourth-order valence-electron chi connectivity index (χ4n) is 2.87. The van der Waals surface area contributed by atoms with E-state index in [1.165, 1.54) is 0 Å². The molecule has 0 heterocycles. The van der Waals surface area contributed by atoms with E-state index in [1.54, 1.807) is 42.5 Å². The Kier molecular flexibility index (Phi) is 7.72. The highest BCUT2D eigenvalue weighted by Gasteiger charge is 2.13. The van der Waals surface area contributed by atoms with E-state index in [0.29, 0.717) is 22.4 Å². The molecule has 3 rings (SSSR count). The molecule has 0 aliphatic heterocycles. The van der Waals surface area contributed by atoms with Crippen LogP contribution in [0.2, 0.25) is 10.0 Å². The molecule has 0 aliphatic carbocycles. The molecular weight excluding hydrogens is 431 g/mol. The van der Waals surface area contributed by atoms with E-state index in [-0.39, 0.29) is 11.6 Å². The molecule has 1 amide bonds. The highest BCUT2D eigenvalue weighted by Crippen LogP contribution is 2.24. The Hall–Kier alpha value is -3.26. The molecule has 1 atom stereocenters. The van der Waals surface area contributed by atoms with Gasteiger partial charge in [-0.15, -0.1) is 0 Å². The van der Waals surface area contributed by atoms with Crippen LogP contribution in [-0.2, 0) is 11.4 Å². The Bertz CT molecular complexity index is 1120. The summed E-state index contributed by atoms with van der Waals surface area (Å²) >= 11 is 11.9. The minimum absolute atomic E-state index is 0.0345. The lowest BCUT2D eigenvalue weighted by molar-refractivity contribution is -0.117. The minimum Gasteiger partial charge on any atom is -0.489 e. The standard InChI is InChI=1S/C25H20Cl2N2O2/c1-17(20-5-3-2-4-6-20)29-25(30)21(15-28)13-18-7-10-22(11-8-18)31-16-19-9-12-23(26)24(27)14-19/h2-14,17H,16H2,1H3,(H,29,30)/b21-13-/t17-/m0/s1. The Morgan fingerprint density at radius 1 is 1.06 bits per heavy atom. The fraction of sp³-hybridized carbons (Fsp3) is 0.120. The molecule has 0 bridgehead atoms. The van der Waals surface area contributed by atoms with Crippen LogP contribution in [0.1, 0.15) is 29.7 Å². The zero-order chi connectivity index (χ0) is 22.2. The third kappa shape index (κ3) is 6.36. The summed E-state index contributed by atoms with van der Waals surface area (Å²) in [7, 11) is 0. The van der Waals surface area contributed by atoms with Crippen LogP contribution in [0, 0.1) is 11.3 Å². The van der Waals surface area contributed by atoms with E-state index < -0.39 is 5.91 Å². The molecule has 1 N–H and O–H groups in total. The van der Waals surface area contributed by atoms with Gasteiger partial charge in [-0.05, 0) is 54.0 Å². The smallest absolute Gasteiger partial charge is 0.262 e. The molecule has 0 aliphatic rings. The normalized spacial score (nSPS) is 12.0. The number of nitrogens with one attached hydrogen (secondary N) is 1. The summed E-state index contributed by atoms with van der Waals surface area (Å²) in [4.78, 5) is 12.5. The summed E-state index contributed by atoms with van der Waals surface area (Å²) in [5, 5.41) is 13.3. The molecule has 0 saturated carbocycles. The van der Waals surface area contributed by atoms with Crippen molar-refractivity contribution in [1.82, 2.24) is 5.32 Å². The second-order valence-electron chi connectivity index (χ2n) is 6.88. The van der Waals surface area contributed by atoms with Gasteiger partial charge in [0.25, 0.3) is 5.91 Å². The van der Waals surface area contributed by atoms with Gasteiger partial charge in [-0.2, -0.15) is 5.26 Å². The van der Waals surface area contributed by atoms with Gasteiger partial charge in [-0.1, -0.05) is 71.7 Å². The molecule has 0 aromatic heterocycles. The number of halogens is 2. The highest BCUT2D eigenvalue weighted by atomic mass is 35.5. The van der Waals surface area contributed by atoms with Crippen LogP contribution < -0.4 is 10.1 Å². The van der Waals surface area contributed by atoms with Gasteiger partial charge < -0.3 is 10.1 Å². The van der Waals surface area contributed by atoms with Crippen molar-refractivity contribution in [3.8, 4) is 11.8 Å². The molecule has 4 nitrogen and oxygen atoms in total. The van der Waals surface area contributed by atoms with Gasteiger partial charge >= 0.3 is 0 Å². The number of rotatable bonds is 7. The van der Waals surface area contributed by atoms with E-state index in [2.05, 4.69) is 5.32 Å². The first-order chi connectivity index (χ1) is 15.0. The first kappa shape index (κ1) is 22.4. The number of carbonyl (C=O) groups is 1. The Morgan fingerprint density at radius 3 is 2.42 bits per heavy atom. The van der Waals surface area contributed by atoms with Crippen molar-refractivity contribution in [3.05, 3.63) is 105 Å². The Morgan fingerprint density at radius 2 is 1.77 bits per heavy atom. The van der Waals surface area contributed by atoms with Gasteiger partial charge in [0.05, 0.1) is 16.1 Å². The zero-order valence-electron chi connectivity index (χ0n) is 16.8. The first-order valence-electron chi connectivity index (χ1n) is 9.60. The van der Waals surface area contributed by atoms with Crippen molar-refractivity contribution in [2.24, 2.45) is 0 Å². The number of hydrogen-bond donors (Lipinski definition) is 1. The van der Waals surface area contributed by atoms with E-state index in [1.807, 2.05) is 49.4 Å². The van der Waals surface area contributed by atoms with Gasteiger partial charge in [0.1, 0.15) is 24.0 Å². The molecule has 0 fully saturated rings. The van der Waals surface area contributed by atoms with E-state index in [4.69, 9.17) is 27.9 Å². The van der Waals surface area contributed by atoms with E-state index >= 15 is 0 Å². The molecule has 0 saturated heterocycles. The average molecular weight is 451 g/mol. The molecule has 6 heteroatoms. The maximum Gasteiger partial charge on any atom is 0.262 e. The van der Waals surface area contributed by atoms with Gasteiger partial charge in [-0.3, -0.25) is 4.79 Å². The lowest BCUT2D eigenvalue weighted by Crippen LogP contribution is -2.27. The maximum absolute atomic E-state index is 12.5. The van der Waals surface area contributed by atoms with Gasteiger partial charge in [-0.25, -0.2) is 0 Å². The van der Waals surface area contributed by atoms with Gasteiger partial charge in [0.2, 0.25) is 0 Å². The summed E-state index contributed by atoms with van der Waals surface area (Å²) in [5.74, 6) is 0.239. The largest absolute Gasteiger partial charge is 0.489 e. The van der Waals surface area contributed by atoms with Crippen molar-refractivity contribution < 1.29 is 9.53 Å². The van der Waals surface area contributed by atoms with E-state index in [9.17, 15) is 10.1 Å². The van der Waals surface area contributed by atoms with Crippen molar-refractivity contribution in [1.29, 1.82) is 5.26 Å². The zero-order valence-corrected chi connectivity index (χ0v) is 18.3.